The van der Waals surface area contributed by atoms with Gasteiger partial charge in [-0.1, -0.05) is 17.9 Å². The molecule has 0 radical (unpaired) electrons. The zero-order chi connectivity index (χ0) is 33.3. The van der Waals surface area contributed by atoms with Crippen molar-refractivity contribution in [2.45, 2.75) is 63.8 Å². The summed E-state index contributed by atoms with van der Waals surface area (Å²) in [5.74, 6) is 4.34. The lowest BCUT2D eigenvalue weighted by atomic mass is 9.83. The summed E-state index contributed by atoms with van der Waals surface area (Å²) in [6.07, 6.45) is 3.97. The smallest absolute Gasteiger partial charge is 0.320 e. The molecule has 242 valence electrons. The van der Waals surface area contributed by atoms with Crippen LogP contribution in [0.1, 0.15) is 60.8 Å². The Kier molecular flexibility index (Phi) is 8.39. The maximum Gasteiger partial charge on any atom is 0.320 e. The van der Waals surface area contributed by atoms with Crippen molar-refractivity contribution < 1.29 is 23.8 Å². The van der Waals surface area contributed by atoms with Crippen LogP contribution in [-0.4, -0.2) is 54.7 Å². The molecular weight excluding hydrogens is 613 g/mol. The van der Waals surface area contributed by atoms with Gasteiger partial charge in [0.2, 0.25) is 5.88 Å². The van der Waals surface area contributed by atoms with Crippen molar-refractivity contribution in [2.24, 2.45) is 11.3 Å². The summed E-state index contributed by atoms with van der Waals surface area (Å²) in [6, 6.07) is 17.5. The predicted octanol–water partition coefficient (Wildman–Crippen LogP) is 4.95. The molecule has 2 atom stereocenters. The molecule has 4 aromatic rings. The highest BCUT2D eigenvalue weighted by Gasteiger charge is 2.44. The van der Waals surface area contributed by atoms with Crippen LogP contribution in [0, 0.1) is 51.7 Å². The van der Waals surface area contributed by atoms with Gasteiger partial charge in [0.05, 0.1) is 41.6 Å². The Bertz CT molecular complexity index is 2030. The van der Waals surface area contributed by atoms with Crippen LogP contribution in [0.4, 0.5) is 4.39 Å². The van der Waals surface area contributed by atoms with Gasteiger partial charge >= 0.3 is 5.97 Å². The summed E-state index contributed by atoms with van der Waals surface area (Å²) in [5, 5.41) is 27.9. The lowest BCUT2D eigenvalue weighted by Gasteiger charge is -2.32. The SMILES string of the molecule is N#CCC1(Cn2c(CN3CCC(Oc4cccc(COc5ccc(C#N)cc5F)n4)CC3)nc3ccc(C4C#CC4C(=O)O)nc32)CC1. The third-order valence-corrected chi connectivity index (χ3v) is 9.31. The predicted molar refractivity (Wildman–Crippen MR) is 170 cm³/mol. The number of aliphatic carboxylic acids is 1. The van der Waals surface area contributed by atoms with Crippen LogP contribution >= 0.6 is 0 Å². The Labute approximate surface area is 276 Å². The van der Waals surface area contributed by atoms with Gasteiger partial charge in [-0.2, -0.15) is 10.5 Å². The average Bonchev–Trinajstić information content (AvgIpc) is 3.74. The number of aromatic nitrogens is 4. The normalized spacial score (nSPS) is 19.7. The number of fused-ring (bicyclic) bond motifs is 1. The molecule has 1 aliphatic heterocycles. The second kappa shape index (κ2) is 12.9. The molecule has 4 heterocycles. The molecule has 2 unspecified atom stereocenters. The van der Waals surface area contributed by atoms with E-state index in [1.54, 1.807) is 12.1 Å². The molecule has 2 fully saturated rings. The van der Waals surface area contributed by atoms with Gasteiger partial charge in [-0.25, -0.2) is 19.3 Å². The molecule has 3 aliphatic rings. The second-order valence-electron chi connectivity index (χ2n) is 12.7. The first-order valence-electron chi connectivity index (χ1n) is 16.0. The standard InChI is InChI=1S/C36H32FN7O4/c37-28-18-23(19-39)4-9-31(28)47-21-24-2-1-3-33(40-24)48-25-10-16-43(17-11-25)20-32-41-30-8-7-29(26-5-6-27(26)35(45)46)42-34(30)44(32)22-36(12-13-36)14-15-38/h1-4,7-9,18,25-27H,10-14,16-17,20-22H2,(H,45,46). The second-order valence-corrected chi connectivity index (χ2v) is 12.7. The molecule has 7 rings (SSSR count). The first kappa shape index (κ1) is 31.1. The molecule has 1 aromatic carbocycles. The maximum absolute atomic E-state index is 14.2. The third kappa shape index (κ3) is 6.51. The number of rotatable bonds is 12. The number of hydrogen-bond acceptors (Lipinski definition) is 9. The van der Waals surface area contributed by atoms with Crippen LogP contribution < -0.4 is 9.47 Å². The Hall–Kier alpha value is -5.51. The number of carboxylic acids is 1. The number of hydrogen-bond donors (Lipinski definition) is 1. The Morgan fingerprint density at radius 1 is 1.08 bits per heavy atom. The van der Waals surface area contributed by atoms with Crippen LogP contribution in [0.25, 0.3) is 11.2 Å². The fourth-order valence-electron chi connectivity index (χ4n) is 6.29. The highest BCUT2D eigenvalue weighted by Crippen LogP contribution is 2.50. The monoisotopic (exact) mass is 645 g/mol. The van der Waals surface area contributed by atoms with E-state index in [0.29, 0.717) is 42.4 Å². The minimum atomic E-state index is -0.943. The van der Waals surface area contributed by atoms with Gasteiger partial charge in [0, 0.05) is 37.5 Å². The van der Waals surface area contributed by atoms with Gasteiger partial charge in [0.1, 0.15) is 30.0 Å². The van der Waals surface area contributed by atoms with Crippen LogP contribution in [0.5, 0.6) is 11.6 Å². The van der Waals surface area contributed by atoms with Gasteiger partial charge in [0.15, 0.2) is 17.2 Å². The van der Waals surface area contributed by atoms with Crippen molar-refractivity contribution in [3.63, 3.8) is 0 Å². The summed E-state index contributed by atoms with van der Waals surface area (Å²) >= 11 is 0. The number of imidazole rings is 1. The Morgan fingerprint density at radius 3 is 2.60 bits per heavy atom. The largest absolute Gasteiger partial charge is 0.484 e. The number of pyridine rings is 2. The average molecular weight is 646 g/mol. The molecule has 2 aliphatic carbocycles. The van der Waals surface area contributed by atoms with E-state index in [2.05, 4.69) is 32.4 Å². The summed E-state index contributed by atoms with van der Waals surface area (Å²) in [7, 11) is 0. The van der Waals surface area contributed by atoms with Crippen molar-refractivity contribution in [1.29, 1.82) is 10.5 Å². The summed E-state index contributed by atoms with van der Waals surface area (Å²) in [5.41, 5.74) is 2.82. The van der Waals surface area contributed by atoms with Gasteiger partial charge in [0.25, 0.3) is 0 Å². The van der Waals surface area contributed by atoms with E-state index in [1.807, 2.05) is 24.3 Å². The van der Waals surface area contributed by atoms with Crippen LogP contribution in [0.2, 0.25) is 0 Å². The fraction of sp³-hybridized carbons (Fsp3) is 0.389. The van der Waals surface area contributed by atoms with E-state index < -0.39 is 23.6 Å². The lowest BCUT2D eigenvalue weighted by molar-refractivity contribution is -0.140. The number of benzene rings is 1. The minimum Gasteiger partial charge on any atom is -0.484 e. The number of piperidine rings is 1. The van der Waals surface area contributed by atoms with Crippen molar-refractivity contribution in [2.75, 3.05) is 13.1 Å². The van der Waals surface area contributed by atoms with Crippen LogP contribution in [0.15, 0.2) is 48.5 Å². The number of likely N-dealkylation sites (tertiary alicyclic amines) is 1. The van der Waals surface area contributed by atoms with Gasteiger partial charge in [-0.05, 0) is 62.1 Å². The van der Waals surface area contributed by atoms with E-state index in [0.717, 1.165) is 56.2 Å². The molecule has 0 amide bonds. The summed E-state index contributed by atoms with van der Waals surface area (Å²) < 4.78 is 28.2. The number of ether oxygens (including phenoxy) is 2. The molecular formula is C36H32FN7O4. The molecule has 1 saturated carbocycles. The number of nitrogens with zero attached hydrogens (tertiary/aromatic N) is 7. The van der Waals surface area contributed by atoms with Gasteiger partial charge in [-0.3, -0.25) is 9.69 Å². The quantitative estimate of drug-likeness (QED) is 0.210. The van der Waals surface area contributed by atoms with Crippen LogP contribution in [0.3, 0.4) is 0 Å². The van der Waals surface area contributed by atoms with E-state index in [4.69, 9.17) is 24.7 Å². The maximum atomic E-state index is 14.2. The van der Waals surface area contributed by atoms with E-state index in [9.17, 15) is 19.6 Å². The molecule has 1 saturated heterocycles. The van der Waals surface area contributed by atoms with Crippen LogP contribution in [-0.2, 0) is 24.5 Å². The third-order valence-electron chi connectivity index (χ3n) is 9.31. The van der Waals surface area contributed by atoms with Crippen molar-refractivity contribution in [3.8, 4) is 35.6 Å². The van der Waals surface area contributed by atoms with E-state index in [-0.39, 0.29) is 29.4 Å². The Balaban J connectivity index is 1.00. The molecule has 48 heavy (non-hydrogen) atoms. The fourth-order valence-corrected chi connectivity index (χ4v) is 6.29. The zero-order valence-corrected chi connectivity index (χ0v) is 26.1. The topological polar surface area (TPSA) is 150 Å². The first-order chi connectivity index (χ1) is 23.3. The molecule has 0 spiro atoms. The number of nitriles is 2. The number of carboxylic acid groups (broad SMARTS) is 1. The molecule has 11 nitrogen and oxygen atoms in total. The highest BCUT2D eigenvalue weighted by molar-refractivity contribution is 5.79. The molecule has 1 N–H and O–H groups in total. The van der Waals surface area contributed by atoms with Crippen molar-refractivity contribution in [3.05, 3.63) is 77.1 Å². The van der Waals surface area contributed by atoms with Crippen molar-refractivity contribution >= 4 is 17.1 Å². The summed E-state index contributed by atoms with van der Waals surface area (Å²) in [4.78, 5) is 28.3. The number of halogens is 1. The zero-order valence-electron chi connectivity index (χ0n) is 26.1. The van der Waals surface area contributed by atoms with Crippen molar-refractivity contribution in [1.82, 2.24) is 24.4 Å². The van der Waals surface area contributed by atoms with E-state index in [1.165, 1.54) is 12.1 Å². The van der Waals surface area contributed by atoms with Gasteiger partial charge < -0.3 is 19.1 Å². The van der Waals surface area contributed by atoms with Gasteiger partial charge in [-0.15, -0.1) is 0 Å². The summed E-state index contributed by atoms with van der Waals surface area (Å²) in [6.45, 7) is 2.88. The number of carbonyl (C=O) groups is 1. The Morgan fingerprint density at radius 2 is 1.92 bits per heavy atom. The molecule has 3 aromatic heterocycles. The minimum absolute atomic E-state index is 0.0277. The lowest BCUT2D eigenvalue weighted by Crippen LogP contribution is -2.38. The molecule has 0 bridgehead atoms. The highest BCUT2D eigenvalue weighted by atomic mass is 19.1. The molecule has 12 heteroatoms. The van der Waals surface area contributed by atoms with E-state index >= 15 is 0 Å². The first-order valence-corrected chi connectivity index (χ1v) is 16.0.